The van der Waals surface area contributed by atoms with Crippen molar-refractivity contribution in [2.45, 2.75) is 25.3 Å². The molecule has 0 aromatic carbocycles. The van der Waals surface area contributed by atoms with E-state index in [4.69, 9.17) is 5.11 Å². The molecular formula is C12H19N3O4. The molecule has 1 heterocycles. The number of aliphatic carboxylic acids is 1. The third-order valence-corrected chi connectivity index (χ3v) is 3.50. The number of rotatable bonds is 4. The Hall–Kier alpha value is -1.79. The number of carbonyl (C=O) groups is 3. The summed E-state index contributed by atoms with van der Waals surface area (Å²) in [7, 11) is 1.70. The molecule has 2 rings (SSSR count). The van der Waals surface area contributed by atoms with E-state index >= 15 is 0 Å². The number of amides is 3. The molecule has 2 fully saturated rings. The number of carboxylic acid groups (broad SMARTS) is 1. The lowest BCUT2D eigenvalue weighted by Gasteiger charge is -2.36. The van der Waals surface area contributed by atoms with E-state index in [1.54, 1.807) is 11.9 Å². The van der Waals surface area contributed by atoms with Gasteiger partial charge in [-0.3, -0.25) is 9.59 Å². The number of hydrogen-bond donors (Lipinski definition) is 2. The minimum absolute atomic E-state index is 0.256. The summed E-state index contributed by atoms with van der Waals surface area (Å²) in [6, 6.07) is -1.16. The van der Waals surface area contributed by atoms with E-state index in [0.29, 0.717) is 25.6 Å². The third-order valence-electron chi connectivity index (χ3n) is 3.50. The lowest BCUT2D eigenvalue weighted by atomic mass is 10.1. The van der Waals surface area contributed by atoms with Gasteiger partial charge in [0.15, 0.2) is 0 Å². The molecule has 1 aliphatic heterocycles. The lowest BCUT2D eigenvalue weighted by molar-refractivity contribution is -0.142. The summed E-state index contributed by atoms with van der Waals surface area (Å²) in [5.74, 6) is -0.906. The highest BCUT2D eigenvalue weighted by Crippen LogP contribution is 2.29. The van der Waals surface area contributed by atoms with Gasteiger partial charge in [-0.1, -0.05) is 0 Å². The van der Waals surface area contributed by atoms with Crippen molar-refractivity contribution < 1.29 is 19.5 Å². The maximum atomic E-state index is 12.3. The molecule has 0 aromatic rings. The van der Waals surface area contributed by atoms with Gasteiger partial charge in [0.05, 0.1) is 6.42 Å². The van der Waals surface area contributed by atoms with E-state index in [1.165, 1.54) is 4.90 Å². The second kappa shape index (κ2) is 5.46. The van der Waals surface area contributed by atoms with E-state index in [9.17, 15) is 14.4 Å². The van der Waals surface area contributed by atoms with E-state index in [-0.39, 0.29) is 18.4 Å². The number of carboxylic acids is 1. The maximum absolute atomic E-state index is 12.3. The van der Waals surface area contributed by atoms with Crippen LogP contribution < -0.4 is 5.32 Å². The van der Waals surface area contributed by atoms with Crippen LogP contribution in [0.4, 0.5) is 4.79 Å². The molecular weight excluding hydrogens is 250 g/mol. The normalized spacial score (nSPS) is 22.9. The van der Waals surface area contributed by atoms with Gasteiger partial charge in [0.2, 0.25) is 5.91 Å². The summed E-state index contributed by atoms with van der Waals surface area (Å²) in [5.41, 5.74) is 0. The third kappa shape index (κ3) is 3.36. The number of piperazine rings is 1. The van der Waals surface area contributed by atoms with Gasteiger partial charge in [0, 0.05) is 26.7 Å². The van der Waals surface area contributed by atoms with Crippen LogP contribution in [-0.2, 0) is 9.59 Å². The number of carbonyl (C=O) groups excluding carboxylic acids is 2. The molecule has 0 aromatic heterocycles. The van der Waals surface area contributed by atoms with Crippen molar-refractivity contribution >= 4 is 17.9 Å². The number of nitrogens with one attached hydrogen (secondary N) is 1. The molecule has 7 nitrogen and oxygen atoms in total. The lowest BCUT2D eigenvalue weighted by Crippen LogP contribution is -2.60. The Morgan fingerprint density at radius 3 is 2.74 bits per heavy atom. The molecule has 3 amide bonds. The highest BCUT2D eigenvalue weighted by Gasteiger charge is 2.37. The molecule has 0 spiro atoms. The summed E-state index contributed by atoms with van der Waals surface area (Å²) in [6.45, 7) is 1.41. The second-order valence-electron chi connectivity index (χ2n) is 5.20. The van der Waals surface area contributed by atoms with Gasteiger partial charge < -0.3 is 20.2 Å². The van der Waals surface area contributed by atoms with E-state index in [1.807, 2.05) is 0 Å². The standard InChI is InChI=1S/C12H19N3O4/c1-14(7-8-2-3-8)12(19)15-5-4-13-11(18)9(15)6-10(16)17/h8-9H,2-7H2,1H3,(H,13,18)(H,16,17). The van der Waals surface area contributed by atoms with Gasteiger partial charge in [-0.2, -0.15) is 0 Å². The van der Waals surface area contributed by atoms with Crippen LogP contribution >= 0.6 is 0 Å². The zero-order valence-corrected chi connectivity index (χ0v) is 11.0. The van der Waals surface area contributed by atoms with E-state index in [0.717, 1.165) is 12.8 Å². The fourth-order valence-corrected chi connectivity index (χ4v) is 2.30. The smallest absolute Gasteiger partial charge is 0.320 e. The van der Waals surface area contributed by atoms with Crippen molar-refractivity contribution in [1.29, 1.82) is 0 Å². The van der Waals surface area contributed by atoms with Crippen molar-refractivity contribution in [1.82, 2.24) is 15.1 Å². The fraction of sp³-hybridized carbons (Fsp3) is 0.750. The Morgan fingerprint density at radius 2 is 2.16 bits per heavy atom. The number of nitrogens with zero attached hydrogens (tertiary/aromatic N) is 2. The van der Waals surface area contributed by atoms with Crippen LogP contribution in [0, 0.1) is 5.92 Å². The molecule has 19 heavy (non-hydrogen) atoms. The van der Waals surface area contributed by atoms with Gasteiger partial charge in [0.1, 0.15) is 6.04 Å². The Morgan fingerprint density at radius 1 is 1.47 bits per heavy atom. The summed E-state index contributed by atoms with van der Waals surface area (Å²) in [6.07, 6.45) is 1.92. The molecule has 1 atom stereocenters. The molecule has 1 unspecified atom stereocenters. The van der Waals surface area contributed by atoms with Crippen molar-refractivity contribution in [2.24, 2.45) is 5.92 Å². The summed E-state index contributed by atoms with van der Waals surface area (Å²) in [5, 5.41) is 11.4. The summed E-state index contributed by atoms with van der Waals surface area (Å²) >= 11 is 0. The highest BCUT2D eigenvalue weighted by atomic mass is 16.4. The Bertz CT molecular complexity index is 394. The maximum Gasteiger partial charge on any atom is 0.320 e. The molecule has 7 heteroatoms. The average molecular weight is 269 g/mol. The highest BCUT2D eigenvalue weighted by molar-refractivity contribution is 5.91. The number of hydrogen-bond acceptors (Lipinski definition) is 3. The van der Waals surface area contributed by atoms with Crippen LogP contribution in [0.2, 0.25) is 0 Å². The zero-order chi connectivity index (χ0) is 14.0. The topological polar surface area (TPSA) is 90.0 Å². The van der Waals surface area contributed by atoms with Crippen molar-refractivity contribution in [2.75, 3.05) is 26.7 Å². The van der Waals surface area contributed by atoms with Gasteiger partial charge in [-0.15, -0.1) is 0 Å². The Labute approximate surface area is 111 Å². The zero-order valence-electron chi connectivity index (χ0n) is 11.0. The van der Waals surface area contributed by atoms with Crippen LogP contribution in [0.25, 0.3) is 0 Å². The van der Waals surface area contributed by atoms with Gasteiger partial charge in [-0.25, -0.2) is 4.79 Å². The van der Waals surface area contributed by atoms with Crippen molar-refractivity contribution in [3.63, 3.8) is 0 Å². The first kappa shape index (κ1) is 13.6. The van der Waals surface area contributed by atoms with Crippen molar-refractivity contribution in [3.05, 3.63) is 0 Å². The SMILES string of the molecule is CN(CC1CC1)C(=O)N1CCNC(=O)C1CC(=O)O. The van der Waals surface area contributed by atoms with E-state index < -0.39 is 12.0 Å². The largest absolute Gasteiger partial charge is 0.481 e. The molecule has 1 aliphatic carbocycles. The van der Waals surface area contributed by atoms with Crippen molar-refractivity contribution in [3.8, 4) is 0 Å². The summed E-state index contributed by atoms with van der Waals surface area (Å²) in [4.78, 5) is 37.8. The molecule has 106 valence electrons. The van der Waals surface area contributed by atoms with Gasteiger partial charge >= 0.3 is 12.0 Å². The van der Waals surface area contributed by atoms with Crippen LogP contribution in [0.1, 0.15) is 19.3 Å². The van der Waals surface area contributed by atoms with Crippen LogP contribution in [-0.4, -0.2) is 65.5 Å². The second-order valence-corrected chi connectivity index (χ2v) is 5.20. The van der Waals surface area contributed by atoms with Crippen LogP contribution in [0.15, 0.2) is 0 Å². The molecule has 1 saturated heterocycles. The van der Waals surface area contributed by atoms with Gasteiger partial charge in [0.25, 0.3) is 0 Å². The number of urea groups is 1. The first-order valence-corrected chi connectivity index (χ1v) is 6.50. The Kier molecular flexibility index (Phi) is 3.92. The summed E-state index contributed by atoms with van der Waals surface area (Å²) < 4.78 is 0. The van der Waals surface area contributed by atoms with Gasteiger partial charge in [-0.05, 0) is 18.8 Å². The minimum Gasteiger partial charge on any atom is -0.481 e. The Balaban J connectivity index is 2.02. The van der Waals surface area contributed by atoms with E-state index in [2.05, 4.69) is 5.32 Å². The molecule has 1 saturated carbocycles. The molecule has 2 N–H and O–H groups in total. The first-order valence-electron chi connectivity index (χ1n) is 6.50. The monoisotopic (exact) mass is 269 g/mol. The minimum atomic E-state index is -1.08. The van der Waals surface area contributed by atoms with Crippen LogP contribution in [0.5, 0.6) is 0 Å². The molecule has 0 radical (unpaired) electrons. The fourth-order valence-electron chi connectivity index (χ4n) is 2.30. The quantitative estimate of drug-likeness (QED) is 0.734. The average Bonchev–Trinajstić information content (AvgIpc) is 3.14. The molecule has 2 aliphatic rings. The predicted molar refractivity (Wildman–Crippen MR) is 66.5 cm³/mol. The predicted octanol–water partition coefficient (Wildman–Crippen LogP) is -0.277. The van der Waals surface area contributed by atoms with Crippen LogP contribution in [0.3, 0.4) is 0 Å². The molecule has 0 bridgehead atoms. The first-order chi connectivity index (χ1) is 8.99.